The summed E-state index contributed by atoms with van der Waals surface area (Å²) in [6.45, 7) is 2.63. The Balaban J connectivity index is 2.45. The fourth-order valence-corrected chi connectivity index (χ4v) is 2.47. The van der Waals surface area contributed by atoms with Gasteiger partial charge in [0.15, 0.2) is 0 Å². The highest BCUT2D eigenvalue weighted by molar-refractivity contribution is 7.80. The van der Waals surface area contributed by atoms with Crippen LogP contribution in [0.25, 0.3) is 0 Å². The van der Waals surface area contributed by atoms with Gasteiger partial charge in [-0.3, -0.25) is 4.79 Å². The molecule has 21 heavy (non-hydrogen) atoms. The van der Waals surface area contributed by atoms with Gasteiger partial charge in [0.25, 0.3) is 0 Å². The molecule has 1 amide bonds. The van der Waals surface area contributed by atoms with Gasteiger partial charge in [0.05, 0.1) is 5.56 Å². The number of rotatable bonds is 2. The van der Waals surface area contributed by atoms with Crippen LogP contribution in [0.3, 0.4) is 0 Å². The molecule has 0 bridgehead atoms. The molecule has 3 N–H and O–H groups in total. The number of benzene rings is 1. The molecule has 4 nitrogen and oxygen atoms in total. The molecule has 1 aromatic rings. The van der Waals surface area contributed by atoms with Crippen LogP contribution in [-0.2, 0) is 11.0 Å². The molecule has 0 aromatic heterocycles. The lowest BCUT2D eigenvalue weighted by atomic mass is 10.0. The van der Waals surface area contributed by atoms with Gasteiger partial charge in [-0.2, -0.15) is 13.2 Å². The summed E-state index contributed by atoms with van der Waals surface area (Å²) in [7, 11) is 0. The van der Waals surface area contributed by atoms with Gasteiger partial charge in [0.1, 0.15) is 11.0 Å². The maximum Gasteiger partial charge on any atom is 0.417 e. The standard InChI is InChI=1S/C13H14F3N3OS/c1-7-12(20)18-4-5-19(7)8-2-3-10(13(14,15)16)9(6-8)11(17)21/h2-3,6-7H,4-5H2,1H3,(H2,17,21)(H,18,20). The van der Waals surface area contributed by atoms with Gasteiger partial charge in [-0.05, 0) is 25.1 Å². The Kier molecular flexibility index (Phi) is 4.08. The number of thiocarbonyl (C=S) groups is 1. The van der Waals surface area contributed by atoms with Crippen molar-refractivity contribution >= 4 is 28.8 Å². The molecule has 0 saturated carbocycles. The summed E-state index contributed by atoms with van der Waals surface area (Å²) in [5.41, 5.74) is 4.80. The first kappa shape index (κ1) is 15.6. The lowest BCUT2D eigenvalue weighted by Gasteiger charge is -2.35. The van der Waals surface area contributed by atoms with Crippen molar-refractivity contribution in [2.75, 3.05) is 18.0 Å². The van der Waals surface area contributed by atoms with Crippen molar-refractivity contribution in [3.63, 3.8) is 0 Å². The van der Waals surface area contributed by atoms with Crippen LogP contribution in [0.2, 0.25) is 0 Å². The van der Waals surface area contributed by atoms with Crippen molar-refractivity contribution < 1.29 is 18.0 Å². The lowest BCUT2D eigenvalue weighted by Crippen LogP contribution is -2.54. The Morgan fingerprint density at radius 1 is 1.48 bits per heavy atom. The highest BCUT2D eigenvalue weighted by atomic mass is 32.1. The Morgan fingerprint density at radius 3 is 2.71 bits per heavy atom. The SMILES string of the molecule is CC1C(=O)NCCN1c1ccc(C(F)(F)F)c(C(N)=S)c1. The van der Waals surface area contributed by atoms with E-state index in [-0.39, 0.29) is 16.5 Å². The van der Waals surface area contributed by atoms with E-state index in [9.17, 15) is 18.0 Å². The molecule has 0 aliphatic carbocycles. The number of carbonyl (C=O) groups excluding carboxylic acids is 1. The molecule has 2 rings (SSSR count). The molecule has 1 fully saturated rings. The van der Waals surface area contributed by atoms with Gasteiger partial charge in [-0.15, -0.1) is 0 Å². The number of hydrogen-bond donors (Lipinski definition) is 2. The van der Waals surface area contributed by atoms with Gasteiger partial charge in [0, 0.05) is 24.3 Å². The molecular weight excluding hydrogens is 303 g/mol. The predicted molar refractivity (Wildman–Crippen MR) is 77.1 cm³/mol. The van der Waals surface area contributed by atoms with E-state index in [4.69, 9.17) is 18.0 Å². The largest absolute Gasteiger partial charge is 0.417 e. The first-order valence-electron chi connectivity index (χ1n) is 6.27. The average molecular weight is 317 g/mol. The van der Waals surface area contributed by atoms with Gasteiger partial charge < -0.3 is 16.0 Å². The van der Waals surface area contributed by atoms with Crippen molar-refractivity contribution in [1.82, 2.24) is 5.32 Å². The summed E-state index contributed by atoms with van der Waals surface area (Å²) in [5.74, 6) is -0.168. The van der Waals surface area contributed by atoms with E-state index in [1.807, 2.05) is 0 Å². The zero-order chi connectivity index (χ0) is 15.8. The fourth-order valence-electron chi connectivity index (χ4n) is 2.30. The number of alkyl halides is 3. The second kappa shape index (κ2) is 5.51. The number of nitrogens with zero attached hydrogens (tertiary/aromatic N) is 1. The third-order valence-corrected chi connectivity index (χ3v) is 3.62. The number of carbonyl (C=O) groups is 1. The zero-order valence-electron chi connectivity index (χ0n) is 11.2. The molecule has 1 saturated heterocycles. The molecule has 1 unspecified atom stereocenters. The van der Waals surface area contributed by atoms with E-state index < -0.39 is 17.8 Å². The molecule has 1 aromatic carbocycles. The van der Waals surface area contributed by atoms with E-state index >= 15 is 0 Å². The van der Waals surface area contributed by atoms with Crippen molar-refractivity contribution in [3.05, 3.63) is 29.3 Å². The number of anilines is 1. The molecule has 114 valence electrons. The van der Waals surface area contributed by atoms with Crippen LogP contribution >= 0.6 is 12.2 Å². The highest BCUT2D eigenvalue weighted by Gasteiger charge is 2.35. The zero-order valence-corrected chi connectivity index (χ0v) is 12.0. The highest BCUT2D eigenvalue weighted by Crippen LogP contribution is 2.34. The van der Waals surface area contributed by atoms with Crippen molar-refractivity contribution in [3.8, 4) is 0 Å². The second-order valence-corrected chi connectivity index (χ2v) is 5.19. The predicted octanol–water partition coefficient (Wildman–Crippen LogP) is 1.66. The second-order valence-electron chi connectivity index (χ2n) is 4.75. The van der Waals surface area contributed by atoms with E-state index in [0.29, 0.717) is 18.8 Å². The molecule has 0 radical (unpaired) electrons. The summed E-state index contributed by atoms with van der Waals surface area (Å²) in [6.07, 6.45) is -4.53. The number of nitrogens with two attached hydrogens (primary N) is 1. The average Bonchev–Trinajstić information content (AvgIpc) is 2.40. The third-order valence-electron chi connectivity index (χ3n) is 3.40. The van der Waals surface area contributed by atoms with E-state index in [1.165, 1.54) is 12.1 Å². The van der Waals surface area contributed by atoms with Crippen LogP contribution in [-0.4, -0.2) is 30.0 Å². The van der Waals surface area contributed by atoms with Crippen molar-refractivity contribution in [2.45, 2.75) is 19.1 Å². The summed E-state index contributed by atoms with van der Waals surface area (Å²) < 4.78 is 38.8. The van der Waals surface area contributed by atoms with Crippen molar-refractivity contribution in [1.29, 1.82) is 0 Å². The number of nitrogens with one attached hydrogen (secondary N) is 1. The molecule has 1 aliphatic rings. The molecular formula is C13H14F3N3OS. The first-order valence-corrected chi connectivity index (χ1v) is 6.68. The number of piperazine rings is 1. The van der Waals surface area contributed by atoms with E-state index in [0.717, 1.165) is 6.07 Å². The quantitative estimate of drug-likeness (QED) is 0.815. The van der Waals surface area contributed by atoms with Crippen molar-refractivity contribution in [2.24, 2.45) is 5.73 Å². The lowest BCUT2D eigenvalue weighted by molar-refractivity contribution is -0.137. The number of hydrogen-bond acceptors (Lipinski definition) is 3. The van der Waals surface area contributed by atoms with E-state index in [1.54, 1.807) is 11.8 Å². The first-order chi connectivity index (χ1) is 9.71. The van der Waals surface area contributed by atoms with Gasteiger partial charge in [-0.1, -0.05) is 12.2 Å². The van der Waals surface area contributed by atoms with Gasteiger partial charge in [0.2, 0.25) is 5.91 Å². The molecule has 0 spiro atoms. The number of amides is 1. The minimum Gasteiger partial charge on any atom is -0.389 e. The van der Waals surface area contributed by atoms with Crippen LogP contribution in [0.4, 0.5) is 18.9 Å². The van der Waals surface area contributed by atoms with Crippen LogP contribution in [0, 0.1) is 0 Å². The molecule has 1 atom stereocenters. The third kappa shape index (κ3) is 3.10. The normalized spacial score (nSPS) is 19.3. The minimum absolute atomic E-state index is 0.168. The Labute approximate surface area is 125 Å². The Hall–Kier alpha value is -1.83. The monoisotopic (exact) mass is 317 g/mol. The van der Waals surface area contributed by atoms with Crippen LogP contribution < -0.4 is 16.0 Å². The maximum absolute atomic E-state index is 12.9. The van der Waals surface area contributed by atoms with Gasteiger partial charge >= 0.3 is 6.18 Å². The topological polar surface area (TPSA) is 58.4 Å². The maximum atomic E-state index is 12.9. The molecule has 8 heteroatoms. The number of halogens is 3. The minimum atomic E-state index is -4.53. The molecule has 1 aliphatic heterocycles. The summed E-state index contributed by atoms with van der Waals surface area (Å²) in [5, 5.41) is 2.69. The van der Waals surface area contributed by atoms with E-state index in [2.05, 4.69) is 5.32 Å². The summed E-state index contributed by atoms with van der Waals surface area (Å²) in [6, 6.07) is 3.11. The van der Waals surface area contributed by atoms with Gasteiger partial charge in [-0.25, -0.2) is 0 Å². The smallest absolute Gasteiger partial charge is 0.389 e. The summed E-state index contributed by atoms with van der Waals surface area (Å²) >= 11 is 4.71. The Bertz CT molecular complexity index is 589. The molecule has 1 heterocycles. The summed E-state index contributed by atoms with van der Waals surface area (Å²) in [4.78, 5) is 13.0. The van der Waals surface area contributed by atoms with Crippen LogP contribution in [0.1, 0.15) is 18.1 Å². The Morgan fingerprint density at radius 2 is 2.14 bits per heavy atom. The fraction of sp³-hybridized carbons (Fsp3) is 0.385. The van der Waals surface area contributed by atoms with Crippen LogP contribution in [0.15, 0.2) is 18.2 Å². The van der Waals surface area contributed by atoms with Crippen LogP contribution in [0.5, 0.6) is 0 Å².